The van der Waals surface area contributed by atoms with Gasteiger partial charge in [-0.15, -0.1) is 24.0 Å². The van der Waals surface area contributed by atoms with Gasteiger partial charge in [0.1, 0.15) is 5.75 Å². The molecule has 3 N–H and O–H groups in total. The minimum absolute atomic E-state index is 0. The molecule has 0 fully saturated rings. The predicted octanol–water partition coefficient (Wildman–Crippen LogP) is 3.85. The number of halogens is 1. The molecule has 1 amide bonds. The maximum atomic E-state index is 12.1. The maximum Gasteiger partial charge on any atom is 0.225 e. The van der Waals surface area contributed by atoms with Gasteiger partial charge in [-0.1, -0.05) is 36.4 Å². The lowest BCUT2D eigenvalue weighted by Gasteiger charge is -2.27. The quantitative estimate of drug-likeness (QED) is 0.318. The average molecular weight is 520 g/mol. The highest BCUT2D eigenvalue weighted by atomic mass is 127. The number of carbonyl (C=O) groups is 1. The Bertz CT molecular complexity index is 902. The number of nitrogens with one attached hydrogen (secondary N) is 3. The van der Waals surface area contributed by atoms with Crippen molar-refractivity contribution in [3.8, 4) is 5.75 Å². The second-order valence-corrected chi connectivity index (χ2v) is 7.51. The van der Waals surface area contributed by atoms with Crippen molar-refractivity contribution in [2.45, 2.75) is 31.6 Å². The van der Waals surface area contributed by atoms with Crippen LogP contribution in [0.5, 0.6) is 5.75 Å². The highest BCUT2D eigenvalue weighted by molar-refractivity contribution is 14.0. The van der Waals surface area contributed by atoms with Gasteiger partial charge in [0, 0.05) is 37.0 Å². The number of aliphatic imine (C=N–C) groups is 1. The summed E-state index contributed by atoms with van der Waals surface area (Å²) in [4.78, 5) is 16.8. The number of hydrogen-bond donors (Lipinski definition) is 3. The van der Waals surface area contributed by atoms with E-state index >= 15 is 0 Å². The summed E-state index contributed by atoms with van der Waals surface area (Å²) < 4.78 is 5.77. The highest BCUT2D eigenvalue weighted by Crippen LogP contribution is 2.33. The Morgan fingerprint density at radius 3 is 2.70 bits per heavy atom. The zero-order valence-electron chi connectivity index (χ0n) is 17.2. The summed E-state index contributed by atoms with van der Waals surface area (Å²) in [5.41, 5.74) is 3.31. The second-order valence-electron chi connectivity index (χ2n) is 7.51. The van der Waals surface area contributed by atoms with Gasteiger partial charge in [-0.2, -0.15) is 0 Å². The molecule has 4 rings (SSSR count). The molecule has 0 saturated carbocycles. The van der Waals surface area contributed by atoms with Gasteiger partial charge in [-0.3, -0.25) is 9.79 Å². The number of anilines is 1. The number of amides is 1. The molecule has 2 heterocycles. The summed E-state index contributed by atoms with van der Waals surface area (Å²) in [6.07, 6.45) is 1.45. The summed E-state index contributed by atoms with van der Waals surface area (Å²) >= 11 is 0. The fourth-order valence-electron chi connectivity index (χ4n) is 4.06. The number of nitrogens with zero attached hydrogens (tertiary/aromatic N) is 1. The summed E-state index contributed by atoms with van der Waals surface area (Å²) in [7, 11) is 0. The fourth-order valence-corrected chi connectivity index (χ4v) is 4.06. The zero-order valence-corrected chi connectivity index (χ0v) is 19.5. The molecule has 2 unspecified atom stereocenters. The Morgan fingerprint density at radius 2 is 1.87 bits per heavy atom. The normalized spacial score (nSPS) is 20.0. The first kappa shape index (κ1) is 22.4. The molecule has 7 heteroatoms. The van der Waals surface area contributed by atoms with Crippen LogP contribution in [0.1, 0.15) is 42.7 Å². The average Bonchev–Trinajstić information content (AvgIpc) is 2.75. The molecule has 2 aliphatic rings. The number of ether oxygens (including phenoxy) is 1. The van der Waals surface area contributed by atoms with Crippen LogP contribution < -0.4 is 20.7 Å². The maximum absolute atomic E-state index is 12.1. The van der Waals surface area contributed by atoms with Crippen molar-refractivity contribution < 1.29 is 9.53 Å². The summed E-state index contributed by atoms with van der Waals surface area (Å²) in [6, 6.07) is 16.2. The van der Waals surface area contributed by atoms with E-state index in [4.69, 9.17) is 9.73 Å². The van der Waals surface area contributed by atoms with Gasteiger partial charge in [0.15, 0.2) is 5.96 Å². The van der Waals surface area contributed by atoms with Crippen molar-refractivity contribution in [1.82, 2.24) is 10.6 Å². The van der Waals surface area contributed by atoms with Crippen LogP contribution in [0.3, 0.4) is 0 Å². The third-order valence-electron chi connectivity index (χ3n) is 5.52. The molecule has 6 nitrogen and oxygen atoms in total. The van der Waals surface area contributed by atoms with Crippen molar-refractivity contribution in [2.75, 3.05) is 31.6 Å². The molecule has 0 aromatic heterocycles. The van der Waals surface area contributed by atoms with Crippen LogP contribution in [0.15, 0.2) is 53.5 Å². The molecule has 0 aliphatic carbocycles. The number of para-hydroxylation sites is 2. The minimum Gasteiger partial charge on any atom is -0.493 e. The van der Waals surface area contributed by atoms with Crippen LogP contribution in [-0.4, -0.2) is 38.1 Å². The van der Waals surface area contributed by atoms with Gasteiger partial charge in [0.05, 0.1) is 13.2 Å². The molecule has 2 atom stereocenters. The topological polar surface area (TPSA) is 74.8 Å². The van der Waals surface area contributed by atoms with Crippen LogP contribution >= 0.6 is 24.0 Å². The van der Waals surface area contributed by atoms with Gasteiger partial charge >= 0.3 is 0 Å². The molecular weight excluding hydrogens is 491 g/mol. The summed E-state index contributed by atoms with van der Waals surface area (Å²) in [5, 5.41) is 9.77. The molecule has 0 spiro atoms. The van der Waals surface area contributed by atoms with Crippen molar-refractivity contribution in [1.29, 1.82) is 0 Å². The summed E-state index contributed by atoms with van der Waals surface area (Å²) in [5.74, 6) is 2.32. The van der Waals surface area contributed by atoms with E-state index in [9.17, 15) is 4.79 Å². The Morgan fingerprint density at radius 1 is 1.10 bits per heavy atom. The van der Waals surface area contributed by atoms with E-state index in [0.29, 0.717) is 18.9 Å². The molecular formula is C23H29IN4O2. The lowest BCUT2D eigenvalue weighted by Crippen LogP contribution is -2.40. The highest BCUT2D eigenvalue weighted by Gasteiger charge is 2.25. The van der Waals surface area contributed by atoms with Gasteiger partial charge in [0.2, 0.25) is 5.91 Å². The van der Waals surface area contributed by atoms with E-state index < -0.39 is 0 Å². The lowest BCUT2D eigenvalue weighted by atomic mass is 9.91. The van der Waals surface area contributed by atoms with E-state index in [1.807, 2.05) is 30.3 Å². The Kier molecular flexibility index (Phi) is 7.95. The molecule has 0 radical (unpaired) electrons. The van der Waals surface area contributed by atoms with Gasteiger partial charge < -0.3 is 20.7 Å². The Labute approximate surface area is 194 Å². The van der Waals surface area contributed by atoms with Gasteiger partial charge in [0.25, 0.3) is 0 Å². The fraction of sp³-hybridized carbons (Fsp3) is 0.391. The first-order valence-corrected chi connectivity index (χ1v) is 10.4. The number of fused-ring (bicyclic) bond motifs is 2. The monoisotopic (exact) mass is 520 g/mol. The molecule has 0 bridgehead atoms. The smallest absolute Gasteiger partial charge is 0.225 e. The number of benzene rings is 2. The van der Waals surface area contributed by atoms with E-state index in [-0.39, 0.29) is 35.8 Å². The Balaban J connectivity index is 0.00000256. The SMILES string of the molecule is CCNC(=NCC1CC(=O)Nc2ccccc21)NCC1CCOc2ccccc21.I. The zero-order chi connectivity index (χ0) is 20.1. The van der Waals surface area contributed by atoms with Crippen LogP contribution in [-0.2, 0) is 4.79 Å². The Hall–Kier alpha value is -2.29. The number of hydrogen-bond acceptors (Lipinski definition) is 3. The van der Waals surface area contributed by atoms with Crippen molar-refractivity contribution in [3.05, 3.63) is 59.7 Å². The first-order chi connectivity index (χ1) is 14.2. The molecule has 2 aromatic carbocycles. The van der Waals surface area contributed by atoms with E-state index in [1.165, 1.54) is 5.56 Å². The number of carbonyl (C=O) groups excluding carboxylic acids is 1. The summed E-state index contributed by atoms with van der Waals surface area (Å²) in [6.45, 7) is 4.96. The van der Waals surface area contributed by atoms with Gasteiger partial charge in [-0.05, 0) is 36.6 Å². The minimum atomic E-state index is 0. The third kappa shape index (κ3) is 5.24. The first-order valence-electron chi connectivity index (χ1n) is 10.4. The largest absolute Gasteiger partial charge is 0.493 e. The predicted molar refractivity (Wildman–Crippen MR) is 131 cm³/mol. The van der Waals surface area contributed by atoms with E-state index in [0.717, 1.165) is 49.1 Å². The van der Waals surface area contributed by atoms with E-state index in [1.54, 1.807) is 0 Å². The van der Waals surface area contributed by atoms with E-state index in [2.05, 4.69) is 41.1 Å². The third-order valence-corrected chi connectivity index (χ3v) is 5.52. The molecule has 0 saturated heterocycles. The second kappa shape index (κ2) is 10.7. The van der Waals surface area contributed by atoms with Crippen molar-refractivity contribution >= 4 is 41.5 Å². The van der Waals surface area contributed by atoms with Gasteiger partial charge in [-0.25, -0.2) is 0 Å². The lowest BCUT2D eigenvalue weighted by molar-refractivity contribution is -0.116. The van der Waals surface area contributed by atoms with Crippen LogP contribution in [0.2, 0.25) is 0 Å². The number of guanidine groups is 1. The molecule has 2 aliphatic heterocycles. The van der Waals surface area contributed by atoms with Crippen LogP contribution in [0.25, 0.3) is 0 Å². The van der Waals surface area contributed by atoms with Crippen molar-refractivity contribution in [2.24, 2.45) is 4.99 Å². The molecule has 160 valence electrons. The standard InChI is InChI=1S/C23H28N4O2.HI/c1-2-24-23(25-14-16-11-12-29-21-10-6-4-8-19(16)21)26-15-17-13-22(28)27-20-9-5-3-7-18(17)20;/h3-10,16-17H,2,11-15H2,1H3,(H,27,28)(H2,24,25,26);1H. The molecule has 2 aromatic rings. The molecule has 30 heavy (non-hydrogen) atoms. The van der Waals surface area contributed by atoms with Crippen molar-refractivity contribution in [3.63, 3.8) is 0 Å². The van der Waals surface area contributed by atoms with Crippen LogP contribution in [0, 0.1) is 0 Å². The number of rotatable bonds is 5. The van der Waals surface area contributed by atoms with Crippen LogP contribution in [0.4, 0.5) is 5.69 Å².